The fourth-order valence-corrected chi connectivity index (χ4v) is 3.15. The van der Waals surface area contributed by atoms with Crippen molar-refractivity contribution in [1.82, 2.24) is 10.3 Å². The van der Waals surface area contributed by atoms with Gasteiger partial charge in [-0.2, -0.15) is 0 Å². The zero-order chi connectivity index (χ0) is 20.4. The molecule has 0 saturated heterocycles. The van der Waals surface area contributed by atoms with Crippen LogP contribution in [0.5, 0.6) is 0 Å². The van der Waals surface area contributed by atoms with Crippen LogP contribution in [0.3, 0.4) is 0 Å². The first-order chi connectivity index (χ1) is 14.0. The molecule has 29 heavy (non-hydrogen) atoms. The highest BCUT2D eigenvalue weighted by Crippen LogP contribution is 2.23. The highest BCUT2D eigenvalue weighted by molar-refractivity contribution is 6.03. The van der Waals surface area contributed by atoms with Gasteiger partial charge in [-0.1, -0.05) is 36.4 Å². The molecular formula is C22H18N2O5. The van der Waals surface area contributed by atoms with Crippen molar-refractivity contribution in [3.8, 4) is 0 Å². The molecule has 0 aliphatic carbocycles. The molecule has 1 atom stereocenters. The van der Waals surface area contributed by atoms with Crippen LogP contribution in [0.15, 0.2) is 69.9 Å². The number of aromatic nitrogens is 1. The van der Waals surface area contributed by atoms with E-state index in [2.05, 4.69) is 10.3 Å². The fourth-order valence-electron chi connectivity index (χ4n) is 3.15. The first-order valence-electron chi connectivity index (χ1n) is 9.08. The largest absolute Gasteiger partial charge is 0.459 e. The molecule has 0 unspecified atom stereocenters. The maximum Gasteiger partial charge on any atom is 0.339 e. The summed E-state index contributed by atoms with van der Waals surface area (Å²) in [7, 11) is 0. The van der Waals surface area contributed by atoms with Gasteiger partial charge in [0.1, 0.15) is 11.3 Å². The van der Waals surface area contributed by atoms with Crippen molar-refractivity contribution in [1.29, 1.82) is 0 Å². The molecule has 0 fully saturated rings. The Kier molecular flexibility index (Phi) is 4.87. The number of esters is 1. The second-order valence-electron chi connectivity index (χ2n) is 6.64. The van der Waals surface area contributed by atoms with E-state index < -0.39 is 30.1 Å². The average molecular weight is 390 g/mol. The van der Waals surface area contributed by atoms with Crippen LogP contribution in [0.25, 0.3) is 21.9 Å². The molecule has 1 amide bonds. The summed E-state index contributed by atoms with van der Waals surface area (Å²) in [6.07, 6.45) is 0. The van der Waals surface area contributed by atoms with Crippen LogP contribution in [0.2, 0.25) is 0 Å². The van der Waals surface area contributed by atoms with Crippen molar-refractivity contribution in [2.75, 3.05) is 6.61 Å². The topological polar surface area (TPSA) is 101 Å². The van der Waals surface area contributed by atoms with Gasteiger partial charge in [0.25, 0.3) is 5.91 Å². The predicted octanol–water partition coefficient (Wildman–Crippen LogP) is 3.31. The Hall–Kier alpha value is -3.87. The number of rotatable bonds is 5. The summed E-state index contributed by atoms with van der Waals surface area (Å²) in [5.41, 5.74) is 0.951. The van der Waals surface area contributed by atoms with Gasteiger partial charge < -0.3 is 19.5 Å². The quantitative estimate of drug-likeness (QED) is 0.509. The maximum absolute atomic E-state index is 12.4. The summed E-state index contributed by atoms with van der Waals surface area (Å²) in [6, 6.07) is 17.1. The van der Waals surface area contributed by atoms with Crippen molar-refractivity contribution in [3.05, 3.63) is 82.3 Å². The van der Waals surface area contributed by atoms with Gasteiger partial charge in [-0.15, -0.1) is 0 Å². The number of ether oxygens (including phenoxy) is 1. The molecule has 7 heteroatoms. The van der Waals surface area contributed by atoms with Crippen LogP contribution in [0.4, 0.5) is 0 Å². The monoisotopic (exact) mass is 390 g/mol. The van der Waals surface area contributed by atoms with E-state index in [4.69, 9.17) is 9.15 Å². The second-order valence-corrected chi connectivity index (χ2v) is 6.64. The molecule has 2 aromatic heterocycles. The van der Waals surface area contributed by atoms with Gasteiger partial charge in [0.05, 0.1) is 11.6 Å². The molecule has 4 rings (SSSR count). The third-order valence-electron chi connectivity index (χ3n) is 4.55. The van der Waals surface area contributed by atoms with Gasteiger partial charge in [0.15, 0.2) is 6.61 Å². The molecule has 4 aromatic rings. The highest BCUT2D eigenvalue weighted by atomic mass is 16.5. The maximum atomic E-state index is 12.4. The lowest BCUT2D eigenvalue weighted by atomic mass is 10.1. The van der Waals surface area contributed by atoms with Gasteiger partial charge in [0.2, 0.25) is 5.56 Å². The minimum absolute atomic E-state index is 0.113. The summed E-state index contributed by atoms with van der Waals surface area (Å²) < 4.78 is 10.8. The minimum Gasteiger partial charge on any atom is -0.459 e. The standard InChI is InChI=1S/C22H18N2O5/c1-13(19-10-14-6-2-5-9-18(14)29-19)23-21(26)12-28-22(27)16-11-20(25)24-17-8-4-3-7-15(16)17/h2-11,13H,12H2,1H3,(H,23,26)(H,24,25)/t13-/m1/s1. The van der Waals surface area contributed by atoms with Gasteiger partial charge in [-0.25, -0.2) is 4.79 Å². The zero-order valence-corrected chi connectivity index (χ0v) is 15.6. The van der Waals surface area contributed by atoms with Crippen LogP contribution in [-0.2, 0) is 9.53 Å². The van der Waals surface area contributed by atoms with Crippen molar-refractivity contribution in [2.24, 2.45) is 0 Å². The third kappa shape index (κ3) is 3.89. The molecule has 2 N–H and O–H groups in total. The average Bonchev–Trinajstić information content (AvgIpc) is 3.16. The number of aromatic amines is 1. The molecule has 0 bridgehead atoms. The van der Waals surface area contributed by atoms with E-state index in [9.17, 15) is 14.4 Å². The van der Waals surface area contributed by atoms with Gasteiger partial charge in [-0.05, 0) is 25.1 Å². The summed E-state index contributed by atoms with van der Waals surface area (Å²) >= 11 is 0. The van der Waals surface area contributed by atoms with Crippen LogP contribution in [-0.4, -0.2) is 23.5 Å². The van der Waals surface area contributed by atoms with E-state index in [0.29, 0.717) is 16.7 Å². The zero-order valence-electron chi connectivity index (χ0n) is 15.6. The van der Waals surface area contributed by atoms with Crippen molar-refractivity contribution < 1.29 is 18.7 Å². The van der Waals surface area contributed by atoms with Crippen molar-refractivity contribution in [3.63, 3.8) is 0 Å². The Morgan fingerprint density at radius 2 is 1.86 bits per heavy atom. The number of H-pyrrole nitrogens is 1. The molecule has 7 nitrogen and oxygen atoms in total. The van der Waals surface area contributed by atoms with Crippen LogP contribution in [0.1, 0.15) is 29.1 Å². The lowest BCUT2D eigenvalue weighted by Crippen LogP contribution is -2.31. The summed E-state index contributed by atoms with van der Waals surface area (Å²) in [4.78, 5) is 39.0. The molecule has 0 aliphatic heterocycles. The van der Waals surface area contributed by atoms with Crippen LogP contribution < -0.4 is 10.9 Å². The van der Waals surface area contributed by atoms with Gasteiger partial charge in [0, 0.05) is 22.4 Å². The Morgan fingerprint density at radius 3 is 2.69 bits per heavy atom. The number of para-hydroxylation sites is 2. The van der Waals surface area contributed by atoms with Crippen molar-refractivity contribution >= 4 is 33.7 Å². The lowest BCUT2D eigenvalue weighted by Gasteiger charge is -2.12. The number of hydrogen-bond acceptors (Lipinski definition) is 5. The number of pyridine rings is 1. The number of hydrogen-bond donors (Lipinski definition) is 2. The molecular weight excluding hydrogens is 372 g/mol. The first-order valence-corrected chi connectivity index (χ1v) is 9.08. The van der Waals surface area contributed by atoms with Crippen LogP contribution in [0, 0.1) is 0 Å². The molecule has 0 spiro atoms. The minimum atomic E-state index is -0.737. The third-order valence-corrected chi connectivity index (χ3v) is 4.55. The molecule has 0 radical (unpaired) electrons. The molecule has 146 valence electrons. The molecule has 0 aliphatic rings. The molecule has 0 saturated carbocycles. The Labute approximate surface area is 165 Å². The van der Waals surface area contributed by atoms with E-state index in [1.54, 1.807) is 31.2 Å². The highest BCUT2D eigenvalue weighted by Gasteiger charge is 2.17. The summed E-state index contributed by atoms with van der Waals surface area (Å²) in [5.74, 6) is -0.606. The van der Waals surface area contributed by atoms with E-state index in [1.807, 2.05) is 30.3 Å². The van der Waals surface area contributed by atoms with Crippen molar-refractivity contribution in [2.45, 2.75) is 13.0 Å². The Morgan fingerprint density at radius 1 is 1.10 bits per heavy atom. The predicted molar refractivity (Wildman–Crippen MR) is 108 cm³/mol. The summed E-state index contributed by atoms with van der Waals surface area (Å²) in [6.45, 7) is 1.31. The lowest BCUT2D eigenvalue weighted by molar-refractivity contribution is -0.125. The van der Waals surface area contributed by atoms with Gasteiger partial charge >= 0.3 is 5.97 Å². The normalized spacial score (nSPS) is 12.0. The second kappa shape index (κ2) is 7.63. The number of carbonyl (C=O) groups excluding carboxylic acids is 2. The van der Waals surface area contributed by atoms with E-state index in [-0.39, 0.29) is 5.56 Å². The van der Waals surface area contributed by atoms with E-state index >= 15 is 0 Å². The Balaban J connectivity index is 1.42. The van der Waals surface area contributed by atoms with Gasteiger partial charge in [-0.3, -0.25) is 9.59 Å². The first kappa shape index (κ1) is 18.5. The number of nitrogens with one attached hydrogen (secondary N) is 2. The SMILES string of the molecule is C[C@@H](NC(=O)COC(=O)c1cc(=O)[nH]c2ccccc12)c1cc2ccccc2o1. The number of fused-ring (bicyclic) bond motifs is 2. The fraction of sp³-hybridized carbons (Fsp3) is 0.136. The number of amides is 1. The van der Waals surface area contributed by atoms with E-state index in [0.717, 1.165) is 11.0 Å². The summed E-state index contributed by atoms with van der Waals surface area (Å²) in [5, 5.41) is 4.22. The molecule has 2 heterocycles. The van der Waals surface area contributed by atoms with E-state index in [1.165, 1.54) is 6.07 Å². The van der Waals surface area contributed by atoms with Crippen LogP contribution >= 0.6 is 0 Å². The smallest absolute Gasteiger partial charge is 0.339 e. The number of furan rings is 1. The Bertz CT molecular complexity index is 1240. The number of carbonyl (C=O) groups is 2. The molecule has 2 aromatic carbocycles. The number of benzene rings is 2.